The third-order valence-electron chi connectivity index (χ3n) is 10.1. The summed E-state index contributed by atoms with van der Waals surface area (Å²) in [6, 6.07) is 12.8. The number of rotatable bonds is 4. The lowest BCUT2D eigenvalue weighted by molar-refractivity contribution is -0.191. The van der Waals surface area contributed by atoms with Gasteiger partial charge in [-0.1, -0.05) is 36.4 Å². The van der Waals surface area contributed by atoms with Crippen molar-refractivity contribution >= 4 is 5.91 Å². The molecule has 2 spiro atoms. The molecule has 4 bridgehead atoms. The van der Waals surface area contributed by atoms with Crippen LogP contribution in [-0.2, 0) is 11.8 Å². The quantitative estimate of drug-likeness (QED) is 0.599. The van der Waals surface area contributed by atoms with Crippen molar-refractivity contribution < 1.29 is 19.7 Å². The maximum absolute atomic E-state index is 13.2. The number of hydrogen-bond acceptors (Lipinski definition) is 5. The molecule has 0 aromatic heterocycles. The molecular weight excluding hydrogens is 440 g/mol. The van der Waals surface area contributed by atoms with Crippen molar-refractivity contribution in [3.63, 3.8) is 0 Å². The van der Waals surface area contributed by atoms with E-state index in [2.05, 4.69) is 22.4 Å². The van der Waals surface area contributed by atoms with Crippen LogP contribution < -0.4 is 10.1 Å². The Kier molecular flexibility index (Phi) is 3.77. The number of carbonyl (C=O) groups excluding carboxylic acids is 1. The molecule has 5 aliphatic carbocycles. The topological polar surface area (TPSA) is 82.0 Å². The van der Waals surface area contributed by atoms with Gasteiger partial charge in [-0.3, -0.25) is 9.69 Å². The van der Waals surface area contributed by atoms with Gasteiger partial charge in [0.1, 0.15) is 11.7 Å². The molecule has 2 aromatic rings. The third-order valence-corrected chi connectivity index (χ3v) is 10.1. The fourth-order valence-corrected chi connectivity index (χ4v) is 8.48. The maximum atomic E-state index is 13.2. The minimum atomic E-state index is -1.35. The molecule has 35 heavy (non-hydrogen) atoms. The number of aliphatic hydroxyl groups is 1. The Balaban J connectivity index is 1.28. The van der Waals surface area contributed by atoms with Crippen LogP contribution in [0.5, 0.6) is 11.5 Å². The second-order valence-electron chi connectivity index (χ2n) is 11.7. The van der Waals surface area contributed by atoms with Gasteiger partial charge >= 0.3 is 0 Å². The molecule has 180 valence electrons. The summed E-state index contributed by atoms with van der Waals surface area (Å²) in [5.41, 5.74) is 0.928. The average molecular weight is 471 g/mol. The van der Waals surface area contributed by atoms with Gasteiger partial charge in [0.15, 0.2) is 11.5 Å². The van der Waals surface area contributed by atoms with Crippen molar-refractivity contribution in [3.05, 3.63) is 71.3 Å². The summed E-state index contributed by atoms with van der Waals surface area (Å²) >= 11 is 0. The predicted molar refractivity (Wildman–Crippen MR) is 129 cm³/mol. The zero-order chi connectivity index (χ0) is 23.6. The summed E-state index contributed by atoms with van der Waals surface area (Å²) in [6.07, 6.45) is 8.72. The van der Waals surface area contributed by atoms with Gasteiger partial charge in [0.2, 0.25) is 0 Å². The van der Waals surface area contributed by atoms with Crippen molar-refractivity contribution in [1.29, 1.82) is 0 Å². The predicted octanol–water partition coefficient (Wildman–Crippen LogP) is 2.92. The van der Waals surface area contributed by atoms with Crippen LogP contribution in [-0.4, -0.2) is 57.9 Å². The number of amides is 1. The van der Waals surface area contributed by atoms with E-state index in [-0.39, 0.29) is 23.1 Å². The molecule has 1 amide bonds. The zero-order valence-electron chi connectivity index (χ0n) is 19.6. The first-order valence-corrected chi connectivity index (χ1v) is 13.0. The van der Waals surface area contributed by atoms with Crippen LogP contribution in [0.25, 0.3) is 0 Å². The van der Waals surface area contributed by atoms with Gasteiger partial charge in [-0.2, -0.15) is 0 Å². The van der Waals surface area contributed by atoms with Gasteiger partial charge in [-0.05, 0) is 68.3 Å². The molecule has 0 radical (unpaired) electrons. The first-order valence-electron chi connectivity index (χ1n) is 13.0. The van der Waals surface area contributed by atoms with E-state index in [1.54, 1.807) is 18.2 Å². The molecule has 3 fully saturated rings. The van der Waals surface area contributed by atoms with E-state index >= 15 is 0 Å². The Morgan fingerprint density at radius 1 is 1.14 bits per heavy atom. The lowest BCUT2D eigenvalue weighted by Gasteiger charge is -2.70. The normalized spacial score (nSPS) is 39.7. The smallest absolute Gasteiger partial charge is 0.251 e. The average Bonchev–Trinajstić information content (AvgIpc) is 3.60. The highest BCUT2D eigenvalue weighted by Crippen LogP contribution is 2.73. The Morgan fingerprint density at radius 3 is 2.77 bits per heavy atom. The van der Waals surface area contributed by atoms with E-state index in [1.165, 1.54) is 18.4 Å². The number of nitrogens with one attached hydrogen (secondary N) is 1. The molecule has 6 atom stereocenters. The standard InChI is InChI=1S/C29H30N2O4/c32-20-9-8-19-14-22-27-10-11-29(34,21(15-27)30-25(33)18-4-2-1-3-5-18)26-28(27,23(19)24(20)35-26)12-13-31(22)16-17-6-7-17/h1-5,8-11,17,21-22,26,32,34H,6-7,12-16H2,(H,30,33)/t21-,22+,26+,27+,28-,29?/m0/s1. The fraction of sp³-hybridized carbons (Fsp3) is 0.483. The maximum Gasteiger partial charge on any atom is 0.251 e. The summed E-state index contributed by atoms with van der Waals surface area (Å²) in [5.74, 6) is 1.30. The van der Waals surface area contributed by atoms with Crippen molar-refractivity contribution in [3.8, 4) is 11.5 Å². The Labute approximate surface area is 204 Å². The largest absolute Gasteiger partial charge is 0.504 e. The lowest BCUT2D eigenvalue weighted by Crippen LogP contribution is -2.81. The summed E-state index contributed by atoms with van der Waals surface area (Å²) in [5, 5.41) is 26.2. The van der Waals surface area contributed by atoms with E-state index in [0.717, 1.165) is 37.4 Å². The van der Waals surface area contributed by atoms with Gasteiger partial charge in [-0.15, -0.1) is 0 Å². The van der Waals surface area contributed by atoms with Crippen molar-refractivity contribution in [2.75, 3.05) is 13.1 Å². The summed E-state index contributed by atoms with van der Waals surface area (Å²) in [6.45, 7) is 2.09. The molecule has 1 saturated heterocycles. The number of carbonyl (C=O) groups is 1. The molecule has 9 rings (SSSR count). The van der Waals surface area contributed by atoms with Gasteiger partial charge in [0, 0.05) is 29.1 Å². The van der Waals surface area contributed by atoms with Crippen LogP contribution >= 0.6 is 0 Å². The highest BCUT2D eigenvalue weighted by molar-refractivity contribution is 5.94. The first kappa shape index (κ1) is 20.4. The number of phenols is 1. The molecular formula is C29H30N2O4. The van der Waals surface area contributed by atoms with Crippen molar-refractivity contribution in [2.45, 2.75) is 61.3 Å². The van der Waals surface area contributed by atoms with Crippen molar-refractivity contribution in [2.24, 2.45) is 11.3 Å². The zero-order valence-corrected chi connectivity index (χ0v) is 19.6. The number of phenolic OH excluding ortho intramolecular Hbond substituents is 1. The number of piperidine rings is 1. The van der Waals surface area contributed by atoms with E-state index in [0.29, 0.717) is 17.7 Å². The fourth-order valence-electron chi connectivity index (χ4n) is 8.48. The second-order valence-corrected chi connectivity index (χ2v) is 11.7. The summed E-state index contributed by atoms with van der Waals surface area (Å²) in [4.78, 5) is 15.9. The molecule has 1 unspecified atom stereocenters. The number of nitrogens with zero attached hydrogens (tertiary/aromatic N) is 1. The molecule has 3 N–H and O–H groups in total. The van der Waals surface area contributed by atoms with Crippen LogP contribution in [0.2, 0.25) is 0 Å². The van der Waals surface area contributed by atoms with Crippen molar-refractivity contribution in [1.82, 2.24) is 10.2 Å². The number of hydrogen-bond donors (Lipinski definition) is 3. The molecule has 6 nitrogen and oxygen atoms in total. The van der Waals surface area contributed by atoms with E-state index in [4.69, 9.17) is 4.74 Å². The molecule has 2 heterocycles. The first-order chi connectivity index (χ1) is 17.0. The number of aromatic hydroxyl groups is 1. The highest BCUT2D eigenvalue weighted by atomic mass is 16.5. The number of ether oxygens (including phenoxy) is 1. The molecule has 2 saturated carbocycles. The highest BCUT2D eigenvalue weighted by Gasteiger charge is 2.79. The molecule has 6 heteroatoms. The summed E-state index contributed by atoms with van der Waals surface area (Å²) in [7, 11) is 0. The molecule has 2 aliphatic heterocycles. The van der Waals surface area contributed by atoms with Crippen LogP contribution in [0.3, 0.4) is 0 Å². The minimum Gasteiger partial charge on any atom is -0.504 e. The Bertz CT molecular complexity index is 1290. The minimum absolute atomic E-state index is 0.148. The van der Waals surface area contributed by atoms with Gasteiger partial charge in [-0.25, -0.2) is 0 Å². The van der Waals surface area contributed by atoms with E-state index < -0.39 is 23.2 Å². The van der Waals surface area contributed by atoms with Crippen LogP contribution in [0.4, 0.5) is 0 Å². The van der Waals surface area contributed by atoms with Gasteiger partial charge < -0.3 is 20.3 Å². The number of likely N-dealkylation sites (tertiary alicyclic amines) is 1. The molecule has 2 aromatic carbocycles. The van der Waals surface area contributed by atoms with Gasteiger partial charge in [0.05, 0.1) is 11.5 Å². The number of fused-ring (bicyclic) bond motifs is 1. The summed E-state index contributed by atoms with van der Waals surface area (Å²) < 4.78 is 6.57. The van der Waals surface area contributed by atoms with Crippen LogP contribution in [0.15, 0.2) is 54.6 Å². The lowest BCUT2D eigenvalue weighted by atomic mass is 9.38. The second kappa shape index (κ2) is 6.48. The van der Waals surface area contributed by atoms with Gasteiger partial charge in [0.25, 0.3) is 5.91 Å². The SMILES string of the molecule is O=C(N[C@H]1C[C@@]23C=CC1(O)[C@@H]1Oc4c(O)ccc5c4[C@@]12CCN(CC1CC1)[C@@H]3C5)c1ccccc1. The van der Waals surface area contributed by atoms with Crippen LogP contribution in [0, 0.1) is 11.3 Å². The molecule has 7 aliphatic rings. The Hall–Kier alpha value is -2.83. The number of benzene rings is 2. The van der Waals surface area contributed by atoms with E-state index in [1.807, 2.05) is 24.3 Å². The third kappa shape index (κ3) is 2.35. The van der Waals surface area contributed by atoms with Crippen LogP contribution in [0.1, 0.15) is 47.2 Å². The monoisotopic (exact) mass is 470 g/mol. The van der Waals surface area contributed by atoms with E-state index in [9.17, 15) is 15.0 Å². The Morgan fingerprint density at radius 2 is 1.97 bits per heavy atom.